The number of rotatable bonds is 7. The van der Waals surface area contributed by atoms with Gasteiger partial charge in [0, 0.05) is 6.42 Å². The molecule has 0 aromatic carbocycles. The maximum atomic E-state index is 11.0. The third kappa shape index (κ3) is 9.12. The van der Waals surface area contributed by atoms with Crippen LogP contribution in [0.25, 0.3) is 0 Å². The zero-order chi connectivity index (χ0) is 10.1. The van der Waals surface area contributed by atoms with Gasteiger partial charge in [0.1, 0.15) is 6.61 Å². The summed E-state index contributed by atoms with van der Waals surface area (Å²) in [4.78, 5) is 11.0. The van der Waals surface area contributed by atoms with Gasteiger partial charge in [-0.15, -0.1) is 0 Å². The van der Waals surface area contributed by atoms with Crippen LogP contribution in [0.1, 0.15) is 46.0 Å². The van der Waals surface area contributed by atoms with Crippen LogP contribution in [0.5, 0.6) is 0 Å². The average molecular weight is 184 g/mol. The number of ether oxygens (including phenoxy) is 1. The predicted molar refractivity (Wildman–Crippen MR) is 54.5 cm³/mol. The fourth-order valence-corrected chi connectivity index (χ4v) is 0.972. The number of carbonyl (C=O) groups excluding carboxylic acids is 1. The second-order valence-corrected chi connectivity index (χ2v) is 3.43. The Morgan fingerprint density at radius 1 is 1.31 bits per heavy atom. The zero-order valence-electron chi connectivity index (χ0n) is 8.77. The van der Waals surface area contributed by atoms with Gasteiger partial charge in [-0.05, 0) is 18.9 Å². The topological polar surface area (TPSA) is 26.3 Å². The molecule has 0 saturated carbocycles. The smallest absolute Gasteiger partial charge is 0.306 e. The lowest BCUT2D eigenvalue weighted by molar-refractivity contribution is -0.142. The van der Waals surface area contributed by atoms with Crippen LogP contribution in [-0.4, -0.2) is 12.6 Å². The van der Waals surface area contributed by atoms with Gasteiger partial charge in [-0.3, -0.25) is 4.79 Å². The van der Waals surface area contributed by atoms with E-state index in [9.17, 15) is 4.79 Å². The van der Waals surface area contributed by atoms with E-state index in [4.69, 9.17) is 4.74 Å². The van der Waals surface area contributed by atoms with Crippen LogP contribution >= 0.6 is 0 Å². The van der Waals surface area contributed by atoms with E-state index in [0.29, 0.717) is 13.0 Å². The second-order valence-electron chi connectivity index (χ2n) is 3.43. The van der Waals surface area contributed by atoms with Crippen molar-refractivity contribution >= 4 is 5.97 Å². The molecule has 0 rings (SSSR count). The molecule has 0 saturated heterocycles. The Morgan fingerprint density at radius 2 is 2.00 bits per heavy atom. The van der Waals surface area contributed by atoms with Crippen LogP contribution in [0.2, 0.25) is 0 Å². The summed E-state index contributed by atoms with van der Waals surface area (Å²) in [6.45, 7) is 8.03. The highest BCUT2D eigenvalue weighted by Gasteiger charge is 2.01. The number of unbranched alkanes of at least 4 members (excludes halogenated alkanes) is 3. The Kier molecular flexibility index (Phi) is 7.36. The molecule has 0 radical (unpaired) electrons. The minimum atomic E-state index is -0.0981. The Balaban J connectivity index is 3.25. The van der Waals surface area contributed by atoms with Crippen molar-refractivity contribution in [2.45, 2.75) is 46.0 Å². The molecule has 0 bridgehead atoms. The molecule has 0 aliphatic carbocycles. The van der Waals surface area contributed by atoms with E-state index in [2.05, 4.69) is 13.5 Å². The molecular weight excluding hydrogens is 164 g/mol. The van der Waals surface area contributed by atoms with E-state index in [1.807, 2.05) is 6.92 Å². The van der Waals surface area contributed by atoms with Crippen LogP contribution in [-0.2, 0) is 9.53 Å². The number of esters is 1. The SMILES string of the molecule is C=C(C)COC(=O)CCCCCC. The van der Waals surface area contributed by atoms with Crippen molar-refractivity contribution in [3.63, 3.8) is 0 Å². The van der Waals surface area contributed by atoms with E-state index in [-0.39, 0.29) is 5.97 Å². The highest BCUT2D eigenvalue weighted by Crippen LogP contribution is 2.03. The molecule has 76 valence electrons. The lowest BCUT2D eigenvalue weighted by Gasteiger charge is -2.03. The minimum absolute atomic E-state index is 0.0981. The first-order valence-corrected chi connectivity index (χ1v) is 4.96. The first-order valence-electron chi connectivity index (χ1n) is 4.96. The van der Waals surface area contributed by atoms with E-state index in [1.165, 1.54) is 12.8 Å². The molecule has 0 aromatic rings. The molecule has 13 heavy (non-hydrogen) atoms. The van der Waals surface area contributed by atoms with E-state index in [0.717, 1.165) is 18.4 Å². The number of hydrogen-bond acceptors (Lipinski definition) is 2. The molecule has 0 aromatic heterocycles. The van der Waals surface area contributed by atoms with E-state index >= 15 is 0 Å². The van der Waals surface area contributed by atoms with Crippen LogP contribution in [0.3, 0.4) is 0 Å². The lowest BCUT2D eigenvalue weighted by Crippen LogP contribution is -2.05. The summed E-state index contributed by atoms with van der Waals surface area (Å²) in [5.41, 5.74) is 0.891. The summed E-state index contributed by atoms with van der Waals surface area (Å²) in [6.07, 6.45) is 5.02. The number of hydrogen-bond donors (Lipinski definition) is 0. The van der Waals surface area contributed by atoms with Crippen LogP contribution in [0, 0.1) is 0 Å². The third-order valence-electron chi connectivity index (χ3n) is 1.71. The number of carbonyl (C=O) groups is 1. The highest BCUT2D eigenvalue weighted by molar-refractivity contribution is 5.69. The minimum Gasteiger partial charge on any atom is -0.461 e. The summed E-state index contributed by atoms with van der Waals surface area (Å²) < 4.78 is 4.95. The summed E-state index contributed by atoms with van der Waals surface area (Å²) in [5, 5.41) is 0. The van der Waals surface area contributed by atoms with Crippen molar-refractivity contribution in [1.29, 1.82) is 0 Å². The molecule has 0 aliphatic rings. The Labute approximate surface area is 81.0 Å². The summed E-state index contributed by atoms with van der Waals surface area (Å²) in [7, 11) is 0. The molecule has 2 heteroatoms. The van der Waals surface area contributed by atoms with Gasteiger partial charge in [0.25, 0.3) is 0 Å². The van der Waals surface area contributed by atoms with Crippen molar-refractivity contribution in [3.8, 4) is 0 Å². The molecule has 0 fully saturated rings. The van der Waals surface area contributed by atoms with Crippen molar-refractivity contribution in [2.75, 3.05) is 6.61 Å². The monoisotopic (exact) mass is 184 g/mol. The lowest BCUT2D eigenvalue weighted by atomic mass is 10.2. The first-order chi connectivity index (χ1) is 6.16. The average Bonchev–Trinajstić information content (AvgIpc) is 2.09. The highest BCUT2D eigenvalue weighted by atomic mass is 16.5. The zero-order valence-corrected chi connectivity index (χ0v) is 8.77. The fraction of sp³-hybridized carbons (Fsp3) is 0.727. The van der Waals surface area contributed by atoms with Crippen LogP contribution in [0.15, 0.2) is 12.2 Å². The summed E-state index contributed by atoms with van der Waals surface area (Å²) >= 11 is 0. The molecule has 0 unspecified atom stereocenters. The Bertz CT molecular complexity index is 161. The van der Waals surface area contributed by atoms with Crippen LogP contribution in [0.4, 0.5) is 0 Å². The molecule has 0 atom stereocenters. The molecular formula is C11H20O2. The van der Waals surface area contributed by atoms with Gasteiger partial charge < -0.3 is 4.74 Å². The molecule has 0 N–H and O–H groups in total. The van der Waals surface area contributed by atoms with E-state index < -0.39 is 0 Å². The standard InChI is InChI=1S/C11H20O2/c1-4-5-6-7-8-11(12)13-9-10(2)3/h2,4-9H2,1,3H3. The molecule has 0 heterocycles. The normalized spacial score (nSPS) is 9.69. The largest absolute Gasteiger partial charge is 0.461 e. The van der Waals surface area contributed by atoms with Gasteiger partial charge in [-0.1, -0.05) is 32.8 Å². The molecule has 0 aliphatic heterocycles. The fourth-order valence-electron chi connectivity index (χ4n) is 0.972. The summed E-state index contributed by atoms with van der Waals surface area (Å²) in [6, 6.07) is 0. The van der Waals surface area contributed by atoms with Gasteiger partial charge >= 0.3 is 5.97 Å². The van der Waals surface area contributed by atoms with Crippen molar-refractivity contribution in [1.82, 2.24) is 0 Å². The van der Waals surface area contributed by atoms with Gasteiger partial charge in [0.2, 0.25) is 0 Å². The van der Waals surface area contributed by atoms with Crippen molar-refractivity contribution in [2.24, 2.45) is 0 Å². The molecule has 2 nitrogen and oxygen atoms in total. The third-order valence-corrected chi connectivity index (χ3v) is 1.71. The predicted octanol–water partition coefficient (Wildman–Crippen LogP) is 3.08. The van der Waals surface area contributed by atoms with Crippen LogP contribution < -0.4 is 0 Å². The van der Waals surface area contributed by atoms with E-state index in [1.54, 1.807) is 0 Å². The Hall–Kier alpha value is -0.790. The van der Waals surface area contributed by atoms with Crippen molar-refractivity contribution < 1.29 is 9.53 Å². The van der Waals surface area contributed by atoms with Gasteiger partial charge in [0.05, 0.1) is 0 Å². The van der Waals surface area contributed by atoms with Gasteiger partial charge in [-0.25, -0.2) is 0 Å². The van der Waals surface area contributed by atoms with Gasteiger partial charge in [0.15, 0.2) is 0 Å². The first kappa shape index (κ1) is 12.2. The molecule has 0 spiro atoms. The van der Waals surface area contributed by atoms with Gasteiger partial charge in [-0.2, -0.15) is 0 Å². The second kappa shape index (κ2) is 7.84. The quantitative estimate of drug-likeness (QED) is 0.345. The maximum Gasteiger partial charge on any atom is 0.306 e. The Morgan fingerprint density at radius 3 is 2.54 bits per heavy atom. The maximum absolute atomic E-state index is 11.0. The van der Waals surface area contributed by atoms with Crippen molar-refractivity contribution in [3.05, 3.63) is 12.2 Å². The summed E-state index contributed by atoms with van der Waals surface area (Å²) in [5.74, 6) is -0.0981. The molecule has 0 amide bonds.